The molecule has 0 atom stereocenters. The number of rotatable bonds is 8. The zero-order valence-corrected chi connectivity index (χ0v) is 51.3. The van der Waals surface area contributed by atoms with E-state index in [4.69, 9.17) is 18.9 Å². The van der Waals surface area contributed by atoms with Gasteiger partial charge in [-0.15, -0.1) is 0 Å². The van der Waals surface area contributed by atoms with Crippen LogP contribution in [-0.2, 0) is 0 Å². The molecule has 14 aromatic carbocycles. The fraction of sp³-hybridized carbons (Fsp3) is 0. The number of hydrogen-bond acceptors (Lipinski definition) is 4. The van der Waals surface area contributed by atoms with E-state index in [0.29, 0.717) is 5.46 Å². The van der Waals surface area contributed by atoms with Crippen LogP contribution in [0.15, 0.2) is 341 Å². The molecule has 6 nitrogen and oxygen atoms in total. The van der Waals surface area contributed by atoms with Gasteiger partial charge in [-0.25, -0.2) is 0 Å². The number of nitrogens with zero attached hydrogens (tertiary/aromatic N) is 2. The molecule has 0 radical (unpaired) electrons. The van der Waals surface area contributed by atoms with Crippen molar-refractivity contribution in [3.05, 3.63) is 332 Å². The van der Waals surface area contributed by atoms with E-state index in [1.165, 1.54) is 105 Å². The molecule has 8 heteroatoms. The lowest BCUT2D eigenvalue weighted by atomic mass is 9.80. The Bertz CT molecular complexity index is 5640. The number of fused-ring (bicyclic) bond motifs is 12. The molecule has 4 aromatic heterocycles. The summed E-state index contributed by atoms with van der Waals surface area (Å²) in [5.41, 5.74) is 23.0. The Balaban J connectivity index is 0.000000122. The van der Waals surface area contributed by atoms with E-state index in [1.807, 2.05) is 36.4 Å². The van der Waals surface area contributed by atoms with Crippen LogP contribution < -0.4 is 5.46 Å². The van der Waals surface area contributed by atoms with Gasteiger partial charge in [0.1, 0.15) is 22.3 Å². The Kier molecular flexibility index (Phi) is 14.6. The third kappa shape index (κ3) is 10.5. The highest BCUT2D eigenvalue weighted by Gasteiger charge is 2.18. The van der Waals surface area contributed by atoms with Gasteiger partial charge in [-0.3, -0.25) is 0 Å². The molecule has 0 bridgehead atoms. The SMILES string of the molecule is Brc1cc(-c2ccccc2)cc(-c2ccc(-n3c4ccccc4c4ccccc43)cc2)c1.OB(O)c1ccc2oc3ccccc3c2c1.c1ccc(-c2cc(-c3ccc(-n4c5ccccc5c5ccccc54)cc3)cc(-c3ccc4oc5ccccc5c4c3)c2)cc1. The van der Waals surface area contributed by atoms with Gasteiger partial charge in [-0.05, 0) is 176 Å². The first-order valence-electron chi connectivity index (χ1n) is 30.8. The molecule has 0 saturated carbocycles. The summed E-state index contributed by atoms with van der Waals surface area (Å²) in [5.74, 6) is 0. The van der Waals surface area contributed by atoms with E-state index in [9.17, 15) is 0 Å². The molecule has 0 aliphatic heterocycles. The van der Waals surface area contributed by atoms with Gasteiger partial charge < -0.3 is 28.0 Å². The molecule has 0 amide bonds. The standard InChI is InChI=1S/C42H27NO.C30H20BrN.C12H9BO3/c1-2-10-28(11-3-1)31-24-32(26-33(25-31)30-20-23-42-38(27-30)37-14-6-9-17-41(37)44-42)29-18-21-34(22-19-29)43-39-15-7-4-12-35(39)36-13-5-8-16-40(36)43;31-25-19-23(21-8-2-1-3-9-21)18-24(20-25)22-14-16-26(17-15-22)32-29-12-6-4-10-27(29)28-11-5-7-13-30(28)32;14-13(15)8-5-6-12-10(7-8)9-3-1-2-4-11(9)16-12/h1-27H;1-20H;1-7,14-15H. The van der Waals surface area contributed by atoms with Crippen LogP contribution in [0.2, 0.25) is 0 Å². The van der Waals surface area contributed by atoms with Crippen LogP contribution in [-0.4, -0.2) is 26.3 Å². The van der Waals surface area contributed by atoms with Crippen LogP contribution in [0.4, 0.5) is 0 Å². The first-order chi connectivity index (χ1) is 45.3. The predicted octanol–water partition coefficient (Wildman–Crippen LogP) is 21.8. The maximum absolute atomic E-state index is 9.12. The smallest absolute Gasteiger partial charge is 0.456 e. The summed E-state index contributed by atoms with van der Waals surface area (Å²) in [5, 5.41) is 27.5. The monoisotopic (exact) mass is 1250 g/mol. The quantitative estimate of drug-likeness (QED) is 0.149. The summed E-state index contributed by atoms with van der Waals surface area (Å²) >= 11 is 3.70. The molecule has 92 heavy (non-hydrogen) atoms. The molecule has 0 spiro atoms. The lowest BCUT2D eigenvalue weighted by molar-refractivity contribution is 0.426. The molecule has 0 aliphatic rings. The maximum Gasteiger partial charge on any atom is 0.488 e. The summed E-state index contributed by atoms with van der Waals surface area (Å²) in [6.07, 6.45) is 0. The number of furan rings is 2. The fourth-order valence-corrected chi connectivity index (χ4v) is 13.6. The molecule has 4 heterocycles. The number of aromatic nitrogens is 2. The van der Waals surface area contributed by atoms with E-state index in [0.717, 1.165) is 54.0 Å². The topological polar surface area (TPSA) is 76.6 Å². The third-order valence-corrected chi connectivity index (χ3v) is 18.0. The first-order valence-corrected chi connectivity index (χ1v) is 31.6. The minimum atomic E-state index is -1.45. The average molecular weight is 1250 g/mol. The van der Waals surface area contributed by atoms with Gasteiger partial charge in [0.25, 0.3) is 0 Å². The Morgan fingerprint density at radius 2 is 0.543 bits per heavy atom. The molecule has 18 rings (SSSR count). The van der Waals surface area contributed by atoms with Gasteiger partial charge in [-0.1, -0.05) is 228 Å². The number of halogens is 1. The van der Waals surface area contributed by atoms with Crippen LogP contribution in [0.3, 0.4) is 0 Å². The second kappa shape index (κ2) is 23.9. The largest absolute Gasteiger partial charge is 0.488 e. The van der Waals surface area contributed by atoms with Gasteiger partial charge in [0, 0.05) is 58.9 Å². The van der Waals surface area contributed by atoms with Crippen molar-refractivity contribution >= 4 is 116 Å². The van der Waals surface area contributed by atoms with Crippen molar-refractivity contribution in [2.75, 3.05) is 0 Å². The van der Waals surface area contributed by atoms with E-state index in [2.05, 4.69) is 298 Å². The van der Waals surface area contributed by atoms with Gasteiger partial charge in [0.2, 0.25) is 0 Å². The van der Waals surface area contributed by atoms with Gasteiger partial charge in [-0.2, -0.15) is 0 Å². The molecule has 0 aliphatic carbocycles. The Morgan fingerprint density at radius 3 is 0.957 bits per heavy atom. The van der Waals surface area contributed by atoms with Crippen molar-refractivity contribution in [2.24, 2.45) is 0 Å². The molecule has 0 unspecified atom stereocenters. The summed E-state index contributed by atoms with van der Waals surface area (Å²) in [6.45, 7) is 0. The maximum atomic E-state index is 9.12. The Labute approximate surface area is 539 Å². The Morgan fingerprint density at radius 1 is 0.239 bits per heavy atom. The summed E-state index contributed by atoms with van der Waals surface area (Å²) in [4.78, 5) is 0. The lowest BCUT2D eigenvalue weighted by Gasteiger charge is -2.13. The fourth-order valence-electron chi connectivity index (χ4n) is 13.1. The highest BCUT2D eigenvalue weighted by atomic mass is 79.9. The predicted molar refractivity (Wildman–Crippen MR) is 387 cm³/mol. The van der Waals surface area contributed by atoms with E-state index in [-0.39, 0.29) is 0 Å². The molecular weight excluding hydrogens is 1190 g/mol. The first kappa shape index (κ1) is 56.0. The van der Waals surface area contributed by atoms with E-state index < -0.39 is 7.12 Å². The molecule has 18 aromatic rings. The van der Waals surface area contributed by atoms with E-state index in [1.54, 1.807) is 18.2 Å². The van der Waals surface area contributed by atoms with Crippen molar-refractivity contribution in [3.8, 4) is 67.0 Å². The van der Waals surface area contributed by atoms with Crippen molar-refractivity contribution < 1.29 is 18.9 Å². The minimum absolute atomic E-state index is 0.471. The van der Waals surface area contributed by atoms with Crippen LogP contribution in [0.25, 0.3) is 154 Å². The number of benzene rings is 14. The molecule has 436 valence electrons. The summed E-state index contributed by atoms with van der Waals surface area (Å²) in [6, 6.07) is 115. The van der Waals surface area contributed by atoms with Gasteiger partial charge >= 0.3 is 7.12 Å². The molecule has 2 N–H and O–H groups in total. The second-order valence-corrected chi connectivity index (χ2v) is 24.0. The highest BCUT2D eigenvalue weighted by molar-refractivity contribution is 9.10. The minimum Gasteiger partial charge on any atom is -0.456 e. The number of para-hydroxylation sites is 6. The van der Waals surface area contributed by atoms with Crippen molar-refractivity contribution in [3.63, 3.8) is 0 Å². The lowest BCUT2D eigenvalue weighted by Crippen LogP contribution is -2.29. The van der Waals surface area contributed by atoms with Gasteiger partial charge in [0.15, 0.2) is 0 Å². The summed E-state index contributed by atoms with van der Waals surface area (Å²) < 4.78 is 17.5. The van der Waals surface area contributed by atoms with Crippen molar-refractivity contribution in [1.29, 1.82) is 0 Å². The van der Waals surface area contributed by atoms with Crippen LogP contribution in [0.1, 0.15) is 0 Å². The zero-order chi connectivity index (χ0) is 61.7. The van der Waals surface area contributed by atoms with Crippen LogP contribution >= 0.6 is 15.9 Å². The normalized spacial score (nSPS) is 11.4. The summed E-state index contributed by atoms with van der Waals surface area (Å²) in [7, 11) is -1.45. The molecule has 0 fully saturated rings. The number of hydrogen-bond donors (Lipinski definition) is 2. The van der Waals surface area contributed by atoms with Gasteiger partial charge in [0.05, 0.1) is 22.1 Å². The zero-order valence-electron chi connectivity index (χ0n) is 49.7. The van der Waals surface area contributed by atoms with Crippen LogP contribution in [0, 0.1) is 0 Å². The van der Waals surface area contributed by atoms with E-state index >= 15 is 0 Å². The average Bonchev–Trinajstić information content (AvgIpc) is 1.75. The van der Waals surface area contributed by atoms with Crippen LogP contribution in [0.5, 0.6) is 0 Å². The third-order valence-electron chi connectivity index (χ3n) is 17.5. The van der Waals surface area contributed by atoms with Crippen molar-refractivity contribution in [1.82, 2.24) is 9.13 Å². The molecule has 0 saturated heterocycles. The Hall–Kier alpha value is -11.3. The van der Waals surface area contributed by atoms with Crippen molar-refractivity contribution in [2.45, 2.75) is 0 Å². The highest BCUT2D eigenvalue weighted by Crippen LogP contribution is 2.40. The molecular formula is C84H56BBrN2O4. The second-order valence-electron chi connectivity index (χ2n) is 23.1.